The van der Waals surface area contributed by atoms with Crippen molar-refractivity contribution in [2.75, 3.05) is 12.4 Å². The van der Waals surface area contributed by atoms with Crippen molar-refractivity contribution >= 4 is 51.9 Å². The average molecular weight is 631 g/mol. The molecule has 1 amide bonds. The zero-order valence-corrected chi connectivity index (χ0v) is 26.0. The summed E-state index contributed by atoms with van der Waals surface area (Å²) in [6.07, 6.45) is 18.8. The summed E-state index contributed by atoms with van der Waals surface area (Å²) in [4.78, 5) is 45.7. The maximum atomic E-state index is 14.7. The minimum absolute atomic E-state index is 0.220. The highest BCUT2D eigenvalue weighted by Gasteiger charge is 2.48. The Hall–Kier alpha value is -6.19. The molecule has 9 heteroatoms. The van der Waals surface area contributed by atoms with Crippen LogP contribution in [0.2, 0.25) is 0 Å². The highest BCUT2D eigenvalue weighted by Crippen LogP contribution is 2.34. The van der Waals surface area contributed by atoms with Crippen LogP contribution in [-0.2, 0) is 16.0 Å². The fourth-order valence-corrected chi connectivity index (χ4v) is 6.40. The minimum atomic E-state index is -1.21. The van der Waals surface area contributed by atoms with Crippen LogP contribution >= 0.6 is 0 Å². The highest BCUT2D eigenvalue weighted by molar-refractivity contribution is 6.20. The second kappa shape index (κ2) is 11.9. The third-order valence-corrected chi connectivity index (χ3v) is 8.65. The molecule has 2 atom stereocenters. The number of aromatic nitrogens is 2. The second-order valence-corrected chi connectivity index (χ2v) is 12.0. The van der Waals surface area contributed by atoms with Crippen LogP contribution in [0, 0.1) is 0 Å². The number of ketones is 1. The largest absolute Gasteiger partial charge is 0.497 e. The Labute approximate surface area is 275 Å². The van der Waals surface area contributed by atoms with Crippen LogP contribution in [0.1, 0.15) is 5.56 Å². The summed E-state index contributed by atoms with van der Waals surface area (Å²) in [5.41, 5.74) is 4.30. The van der Waals surface area contributed by atoms with Gasteiger partial charge in [0.05, 0.1) is 41.5 Å². The van der Waals surface area contributed by atoms with Crippen LogP contribution in [0.4, 0.5) is 5.69 Å². The zero-order chi connectivity index (χ0) is 32.7. The van der Waals surface area contributed by atoms with Gasteiger partial charge >= 0.3 is 0 Å². The van der Waals surface area contributed by atoms with E-state index < -0.39 is 17.5 Å². The van der Waals surface area contributed by atoms with Gasteiger partial charge in [0, 0.05) is 46.0 Å². The molecule has 8 bridgehead atoms. The van der Waals surface area contributed by atoms with Crippen molar-refractivity contribution in [1.29, 1.82) is 0 Å². The van der Waals surface area contributed by atoms with Crippen LogP contribution in [-0.4, -0.2) is 51.8 Å². The molecule has 2 aromatic heterocycles. The number of carbonyl (C=O) groups excluding carboxylic acids is 2. The zero-order valence-electron chi connectivity index (χ0n) is 26.0. The van der Waals surface area contributed by atoms with Gasteiger partial charge in [-0.05, 0) is 103 Å². The number of nitrogens with one attached hydrogen (secondary N) is 3. The van der Waals surface area contributed by atoms with E-state index in [0.717, 1.165) is 44.3 Å². The number of aliphatic imine (C=N–C) groups is 2. The van der Waals surface area contributed by atoms with Crippen molar-refractivity contribution < 1.29 is 14.3 Å². The maximum absolute atomic E-state index is 14.7. The number of methoxy groups -OCH3 is 1. The van der Waals surface area contributed by atoms with Crippen LogP contribution in [0.5, 0.6) is 5.75 Å². The molecule has 4 aromatic rings. The van der Waals surface area contributed by atoms with Gasteiger partial charge in [-0.2, -0.15) is 0 Å². The van der Waals surface area contributed by atoms with Crippen LogP contribution < -0.4 is 26.1 Å². The molecule has 1 saturated heterocycles. The molecule has 4 aliphatic rings. The Morgan fingerprint density at radius 1 is 0.938 bits per heavy atom. The number of Topliss-reactive ketones (excluding diaryl/α,β-unsaturated/α-hetero) is 1. The predicted octanol–water partition coefficient (Wildman–Crippen LogP) is 4.02. The van der Waals surface area contributed by atoms with Gasteiger partial charge in [-0.15, -0.1) is 0 Å². The number of benzene rings is 2. The fraction of sp³-hybridized carbons (Fsp3) is 0.103. The maximum Gasteiger partial charge on any atom is 0.248 e. The Kier molecular flexibility index (Phi) is 7.23. The SMILES string of the molecule is COc1ccc(CC23C=C4C=CC(=N4)C=c4ccc([nH]4)=CC4=NC(=CC(N2)/C(=C\C(=O)Nc2ccc5ncccc5c2)C3=O)C=C4)cc1. The van der Waals surface area contributed by atoms with Gasteiger partial charge in [0.25, 0.3) is 0 Å². The quantitative estimate of drug-likeness (QED) is 0.288. The summed E-state index contributed by atoms with van der Waals surface area (Å²) < 4.78 is 5.37. The lowest BCUT2D eigenvalue weighted by atomic mass is 9.85. The molecule has 2 aromatic carbocycles. The van der Waals surface area contributed by atoms with E-state index in [-0.39, 0.29) is 5.78 Å². The fourth-order valence-electron chi connectivity index (χ4n) is 6.40. The summed E-state index contributed by atoms with van der Waals surface area (Å²) in [7, 11) is 1.62. The second-order valence-electron chi connectivity index (χ2n) is 12.0. The van der Waals surface area contributed by atoms with Crippen molar-refractivity contribution in [3.63, 3.8) is 0 Å². The first-order chi connectivity index (χ1) is 23.4. The lowest BCUT2D eigenvalue weighted by Gasteiger charge is -2.25. The van der Waals surface area contributed by atoms with Crippen molar-refractivity contribution in [2.24, 2.45) is 9.98 Å². The van der Waals surface area contributed by atoms with E-state index in [1.807, 2.05) is 109 Å². The van der Waals surface area contributed by atoms with Gasteiger partial charge in [0.15, 0.2) is 5.78 Å². The third-order valence-electron chi connectivity index (χ3n) is 8.65. The topological polar surface area (TPSA) is 121 Å². The number of anilines is 1. The van der Waals surface area contributed by atoms with Gasteiger partial charge < -0.3 is 15.0 Å². The molecule has 1 fully saturated rings. The van der Waals surface area contributed by atoms with E-state index >= 15 is 0 Å². The average Bonchev–Trinajstić information content (AvgIpc) is 3.88. The molecule has 2 unspecified atom stereocenters. The molecular weight excluding hydrogens is 600 g/mol. The minimum Gasteiger partial charge on any atom is -0.497 e. The normalized spacial score (nSPS) is 21.7. The van der Waals surface area contributed by atoms with Crippen molar-refractivity contribution in [1.82, 2.24) is 15.3 Å². The molecule has 8 rings (SSSR count). The van der Waals surface area contributed by atoms with Crippen molar-refractivity contribution in [3.05, 3.63) is 149 Å². The van der Waals surface area contributed by atoms with E-state index in [1.165, 1.54) is 6.08 Å². The number of pyridine rings is 1. The van der Waals surface area contributed by atoms with Gasteiger partial charge in [0.1, 0.15) is 11.3 Å². The highest BCUT2D eigenvalue weighted by atomic mass is 16.5. The Morgan fingerprint density at radius 3 is 2.46 bits per heavy atom. The summed E-state index contributed by atoms with van der Waals surface area (Å²) in [5.74, 6) is 0.0855. The molecule has 0 saturated carbocycles. The Bertz CT molecular complexity index is 2350. The van der Waals surface area contributed by atoms with Gasteiger partial charge in [0.2, 0.25) is 5.91 Å². The molecule has 0 spiro atoms. The number of carbonyl (C=O) groups is 2. The number of amides is 1. The van der Waals surface area contributed by atoms with Crippen molar-refractivity contribution in [3.8, 4) is 5.75 Å². The summed E-state index contributed by atoms with van der Waals surface area (Å²) in [6, 6.07) is 20.3. The van der Waals surface area contributed by atoms with E-state index in [2.05, 4.69) is 20.6 Å². The van der Waals surface area contributed by atoms with E-state index in [1.54, 1.807) is 19.4 Å². The summed E-state index contributed by atoms with van der Waals surface area (Å²) >= 11 is 0. The van der Waals surface area contributed by atoms with Crippen LogP contribution in [0.15, 0.2) is 142 Å². The monoisotopic (exact) mass is 630 g/mol. The number of ether oxygens (including phenoxy) is 1. The summed E-state index contributed by atoms with van der Waals surface area (Å²) in [6.45, 7) is 0. The molecule has 234 valence electrons. The number of hydrogen-bond acceptors (Lipinski definition) is 7. The Balaban J connectivity index is 1.24. The van der Waals surface area contributed by atoms with Crippen LogP contribution in [0.3, 0.4) is 0 Å². The number of nitrogens with zero attached hydrogens (tertiary/aromatic N) is 3. The van der Waals surface area contributed by atoms with Gasteiger partial charge in [-0.25, -0.2) is 9.98 Å². The first kappa shape index (κ1) is 29.2. The first-order valence-electron chi connectivity index (χ1n) is 15.6. The summed E-state index contributed by atoms with van der Waals surface area (Å²) in [5, 5.41) is 9.25. The molecule has 0 aliphatic carbocycles. The van der Waals surface area contributed by atoms with E-state index in [9.17, 15) is 9.59 Å². The first-order valence-corrected chi connectivity index (χ1v) is 15.6. The van der Waals surface area contributed by atoms with Crippen molar-refractivity contribution in [2.45, 2.75) is 18.0 Å². The Morgan fingerprint density at radius 2 is 1.69 bits per heavy atom. The molecule has 6 heterocycles. The standard InChI is InChI=1S/C39H30N6O3/c1-48-33-13-4-24(5-14-33)22-39-23-32-11-10-30(43-32)19-28-7-6-27(41-28)18-29-8-9-31(42-29)20-36(45-39)34(38(39)47)21-37(46)44-26-12-15-35-25(17-26)3-2-16-40-35/h2-21,23,36,41,45H,22H2,1H3,(H,44,46)/b27-18?,28-19?,31-20?,32-23?,34-21+. The molecule has 9 nitrogen and oxygen atoms in total. The number of aromatic amines is 1. The smallest absolute Gasteiger partial charge is 0.248 e. The number of hydrogen-bond donors (Lipinski definition) is 3. The lowest BCUT2D eigenvalue weighted by molar-refractivity contribution is -0.118. The van der Waals surface area contributed by atoms with Crippen LogP contribution in [0.25, 0.3) is 23.1 Å². The van der Waals surface area contributed by atoms with E-state index in [0.29, 0.717) is 29.1 Å². The lowest BCUT2D eigenvalue weighted by Crippen LogP contribution is -2.47. The van der Waals surface area contributed by atoms with Gasteiger partial charge in [-0.3, -0.25) is 19.9 Å². The molecule has 3 N–H and O–H groups in total. The number of fused-ring (bicyclic) bond motifs is 7. The number of allylic oxidation sites excluding steroid dienone is 4. The van der Waals surface area contributed by atoms with E-state index in [4.69, 9.17) is 14.7 Å². The molecular formula is C39H30N6O3. The molecule has 48 heavy (non-hydrogen) atoms. The predicted molar refractivity (Wildman–Crippen MR) is 188 cm³/mol. The molecule has 4 aliphatic heterocycles. The molecule has 0 radical (unpaired) electrons. The number of H-pyrrole nitrogens is 1. The third kappa shape index (κ3) is 5.78. The number of rotatable bonds is 5. The van der Waals surface area contributed by atoms with Gasteiger partial charge in [-0.1, -0.05) is 18.2 Å².